The standard InChI is InChI=1S/C22H21BrClN3O5/c1-12-4-3-5-14(6-12)21(30)26-27-10-15(8-20(27)29)22(31)32-11-19(28)25-18-9-17(24)16(23)7-13(18)2/h3-7,9,15H,8,10-11H2,1-2H3,(H,25,28)(H,26,30)/t15-/m1/s1. The van der Waals surface area contributed by atoms with Gasteiger partial charge in [-0.3, -0.25) is 29.6 Å². The molecular formula is C22H21BrClN3O5. The van der Waals surface area contributed by atoms with Gasteiger partial charge < -0.3 is 10.1 Å². The Morgan fingerprint density at radius 2 is 1.97 bits per heavy atom. The molecule has 3 rings (SSSR count). The van der Waals surface area contributed by atoms with Crippen LogP contribution in [-0.4, -0.2) is 41.9 Å². The van der Waals surface area contributed by atoms with E-state index in [9.17, 15) is 19.2 Å². The number of aryl methyl sites for hydroxylation is 2. The summed E-state index contributed by atoms with van der Waals surface area (Å²) in [5.41, 5.74) is 5.11. The van der Waals surface area contributed by atoms with E-state index in [1.165, 1.54) is 0 Å². The first-order chi connectivity index (χ1) is 15.1. The Labute approximate surface area is 198 Å². The first kappa shape index (κ1) is 23.7. The van der Waals surface area contributed by atoms with Gasteiger partial charge in [-0.15, -0.1) is 0 Å². The highest BCUT2D eigenvalue weighted by Gasteiger charge is 2.36. The molecule has 0 bridgehead atoms. The minimum Gasteiger partial charge on any atom is -0.455 e. The van der Waals surface area contributed by atoms with Crippen LogP contribution < -0.4 is 10.7 Å². The topological polar surface area (TPSA) is 105 Å². The molecule has 0 spiro atoms. The fourth-order valence-electron chi connectivity index (χ4n) is 3.17. The Morgan fingerprint density at radius 3 is 2.69 bits per heavy atom. The summed E-state index contributed by atoms with van der Waals surface area (Å²) in [4.78, 5) is 49.1. The third-order valence-electron chi connectivity index (χ3n) is 4.86. The molecule has 2 aromatic carbocycles. The molecule has 2 N–H and O–H groups in total. The van der Waals surface area contributed by atoms with Crippen LogP contribution in [0.25, 0.3) is 0 Å². The van der Waals surface area contributed by atoms with E-state index < -0.39 is 36.2 Å². The average Bonchev–Trinajstić information content (AvgIpc) is 3.10. The molecule has 8 nitrogen and oxygen atoms in total. The number of carbonyl (C=O) groups excluding carboxylic acids is 4. The van der Waals surface area contributed by atoms with Gasteiger partial charge in [-0.2, -0.15) is 0 Å². The molecular weight excluding hydrogens is 502 g/mol. The monoisotopic (exact) mass is 521 g/mol. The third kappa shape index (κ3) is 5.86. The number of nitrogens with zero attached hydrogens (tertiary/aromatic N) is 1. The van der Waals surface area contributed by atoms with E-state index in [4.69, 9.17) is 16.3 Å². The maximum atomic E-state index is 12.3. The van der Waals surface area contributed by atoms with Crippen LogP contribution >= 0.6 is 27.5 Å². The SMILES string of the molecule is Cc1cccc(C(=O)NN2C[C@H](C(=O)OCC(=O)Nc3cc(Cl)c(Br)cc3C)CC2=O)c1. The summed E-state index contributed by atoms with van der Waals surface area (Å²) in [7, 11) is 0. The fourth-order valence-corrected chi connectivity index (χ4v) is 3.79. The number of ether oxygens (including phenoxy) is 1. The molecule has 3 amide bonds. The van der Waals surface area contributed by atoms with Gasteiger partial charge in [-0.05, 0) is 59.6 Å². The molecule has 0 unspecified atom stereocenters. The van der Waals surface area contributed by atoms with E-state index in [2.05, 4.69) is 26.7 Å². The van der Waals surface area contributed by atoms with Gasteiger partial charge in [0.1, 0.15) is 0 Å². The maximum Gasteiger partial charge on any atom is 0.311 e. The number of benzene rings is 2. The minimum absolute atomic E-state index is 0.0295. The number of halogens is 2. The number of nitrogens with one attached hydrogen (secondary N) is 2. The molecule has 168 valence electrons. The molecule has 1 fully saturated rings. The van der Waals surface area contributed by atoms with E-state index >= 15 is 0 Å². The number of amides is 3. The summed E-state index contributed by atoms with van der Waals surface area (Å²) < 4.78 is 5.77. The van der Waals surface area contributed by atoms with Crippen molar-refractivity contribution in [3.63, 3.8) is 0 Å². The van der Waals surface area contributed by atoms with Crippen LogP contribution in [0.3, 0.4) is 0 Å². The van der Waals surface area contributed by atoms with Gasteiger partial charge in [0.2, 0.25) is 5.91 Å². The van der Waals surface area contributed by atoms with Crippen molar-refractivity contribution < 1.29 is 23.9 Å². The molecule has 0 radical (unpaired) electrons. The second-order valence-electron chi connectivity index (χ2n) is 7.45. The van der Waals surface area contributed by atoms with Crippen LogP contribution in [0.2, 0.25) is 5.02 Å². The van der Waals surface area contributed by atoms with Gasteiger partial charge in [-0.25, -0.2) is 0 Å². The van der Waals surface area contributed by atoms with Crippen LogP contribution in [0, 0.1) is 19.8 Å². The van der Waals surface area contributed by atoms with E-state index in [1.807, 2.05) is 13.0 Å². The largest absolute Gasteiger partial charge is 0.455 e. The number of hydrogen-bond acceptors (Lipinski definition) is 5. The summed E-state index contributed by atoms with van der Waals surface area (Å²) in [5, 5.41) is 4.17. The van der Waals surface area contributed by atoms with E-state index in [0.29, 0.717) is 20.7 Å². The highest BCUT2D eigenvalue weighted by atomic mass is 79.9. The summed E-state index contributed by atoms with van der Waals surface area (Å²) in [6.45, 7) is 3.11. The first-order valence-electron chi connectivity index (χ1n) is 9.74. The van der Waals surface area contributed by atoms with Gasteiger partial charge in [-0.1, -0.05) is 29.3 Å². The Kier molecular flexibility index (Phi) is 7.52. The van der Waals surface area contributed by atoms with Crippen molar-refractivity contribution in [2.45, 2.75) is 20.3 Å². The molecule has 10 heteroatoms. The number of carbonyl (C=O) groups is 4. The summed E-state index contributed by atoms with van der Waals surface area (Å²) in [6.07, 6.45) is -0.115. The van der Waals surface area contributed by atoms with Crippen molar-refractivity contribution >= 4 is 56.9 Å². The van der Waals surface area contributed by atoms with Crippen molar-refractivity contribution in [1.29, 1.82) is 0 Å². The lowest BCUT2D eigenvalue weighted by Crippen LogP contribution is -2.43. The molecule has 1 aliphatic heterocycles. The van der Waals surface area contributed by atoms with Crippen LogP contribution in [0.5, 0.6) is 0 Å². The fraction of sp³-hybridized carbons (Fsp3) is 0.273. The van der Waals surface area contributed by atoms with Crippen molar-refractivity contribution in [1.82, 2.24) is 10.4 Å². The number of rotatable bonds is 6. The average molecular weight is 523 g/mol. The van der Waals surface area contributed by atoms with Crippen LogP contribution in [0.15, 0.2) is 40.9 Å². The Morgan fingerprint density at radius 1 is 1.22 bits per heavy atom. The predicted molar refractivity (Wildman–Crippen MR) is 122 cm³/mol. The first-order valence-corrected chi connectivity index (χ1v) is 10.9. The number of esters is 1. The van der Waals surface area contributed by atoms with Crippen LogP contribution in [-0.2, 0) is 19.1 Å². The normalized spacial score (nSPS) is 15.4. The van der Waals surface area contributed by atoms with E-state index in [1.54, 1.807) is 37.3 Å². The Balaban J connectivity index is 1.50. The van der Waals surface area contributed by atoms with E-state index in [0.717, 1.165) is 16.1 Å². The Hall–Kier alpha value is -2.91. The number of hydrazine groups is 1. The lowest BCUT2D eigenvalue weighted by molar-refractivity contribution is -0.151. The van der Waals surface area contributed by atoms with E-state index in [-0.39, 0.29) is 13.0 Å². The lowest BCUT2D eigenvalue weighted by Gasteiger charge is -2.17. The zero-order chi connectivity index (χ0) is 23.4. The summed E-state index contributed by atoms with van der Waals surface area (Å²) in [6, 6.07) is 10.3. The van der Waals surface area contributed by atoms with Crippen LogP contribution in [0.1, 0.15) is 27.9 Å². The van der Waals surface area contributed by atoms with Crippen molar-refractivity contribution in [2.24, 2.45) is 5.92 Å². The zero-order valence-corrected chi connectivity index (χ0v) is 19.7. The van der Waals surface area contributed by atoms with Crippen molar-refractivity contribution in [3.8, 4) is 0 Å². The molecule has 1 saturated heterocycles. The highest BCUT2D eigenvalue weighted by Crippen LogP contribution is 2.29. The summed E-state index contributed by atoms with van der Waals surface area (Å²) in [5.74, 6) is -2.85. The minimum atomic E-state index is -0.781. The van der Waals surface area contributed by atoms with Gasteiger partial charge in [0.15, 0.2) is 6.61 Å². The zero-order valence-electron chi connectivity index (χ0n) is 17.4. The van der Waals surface area contributed by atoms with Crippen molar-refractivity contribution in [3.05, 3.63) is 62.6 Å². The second kappa shape index (κ2) is 10.1. The smallest absolute Gasteiger partial charge is 0.311 e. The molecule has 1 atom stereocenters. The van der Waals surface area contributed by atoms with Crippen molar-refractivity contribution in [2.75, 3.05) is 18.5 Å². The molecule has 32 heavy (non-hydrogen) atoms. The molecule has 1 heterocycles. The number of anilines is 1. The quantitative estimate of drug-likeness (QED) is 0.566. The highest BCUT2D eigenvalue weighted by molar-refractivity contribution is 9.10. The molecule has 0 saturated carbocycles. The molecule has 2 aromatic rings. The predicted octanol–water partition coefficient (Wildman–Crippen LogP) is 3.39. The summed E-state index contributed by atoms with van der Waals surface area (Å²) >= 11 is 9.35. The third-order valence-corrected chi connectivity index (χ3v) is 6.06. The number of hydrogen-bond donors (Lipinski definition) is 2. The molecule has 1 aliphatic rings. The second-order valence-corrected chi connectivity index (χ2v) is 8.71. The van der Waals surface area contributed by atoms with Gasteiger partial charge in [0.25, 0.3) is 11.8 Å². The molecule has 0 aromatic heterocycles. The van der Waals surface area contributed by atoms with Gasteiger partial charge in [0.05, 0.1) is 17.5 Å². The van der Waals surface area contributed by atoms with Gasteiger partial charge >= 0.3 is 5.97 Å². The van der Waals surface area contributed by atoms with Gasteiger partial charge in [0, 0.05) is 22.1 Å². The van der Waals surface area contributed by atoms with Crippen LogP contribution in [0.4, 0.5) is 5.69 Å². The molecule has 0 aliphatic carbocycles. The Bertz CT molecular complexity index is 1090. The lowest BCUT2D eigenvalue weighted by atomic mass is 10.1. The maximum absolute atomic E-state index is 12.3.